The van der Waals surface area contributed by atoms with E-state index in [4.69, 9.17) is 9.84 Å². The normalized spacial score (nSPS) is 42.9. The Morgan fingerprint density at radius 3 is 2.86 bits per heavy atom. The van der Waals surface area contributed by atoms with E-state index in [1.165, 1.54) is 5.57 Å². The highest BCUT2D eigenvalue weighted by molar-refractivity contribution is 5.18. The summed E-state index contributed by atoms with van der Waals surface area (Å²) in [5.41, 5.74) is 1.27. The highest BCUT2D eigenvalue weighted by Gasteiger charge is 2.49. The number of hydrogen-bond acceptors (Lipinski definition) is 7. The molecule has 0 radical (unpaired) electrons. The van der Waals surface area contributed by atoms with Crippen LogP contribution in [0.1, 0.15) is 39.0 Å². The van der Waals surface area contributed by atoms with Gasteiger partial charge in [-0.05, 0) is 58.5 Å². The minimum atomic E-state index is -0.914. The van der Waals surface area contributed by atoms with Gasteiger partial charge in [-0.1, -0.05) is 11.6 Å². The van der Waals surface area contributed by atoms with Gasteiger partial charge in [-0.3, -0.25) is 16.0 Å². The Labute approximate surface area is 174 Å². The van der Waals surface area contributed by atoms with E-state index in [-0.39, 0.29) is 30.5 Å². The van der Waals surface area contributed by atoms with Gasteiger partial charge < -0.3 is 20.5 Å². The summed E-state index contributed by atoms with van der Waals surface area (Å²) >= 11 is 0. The van der Waals surface area contributed by atoms with Crippen LogP contribution in [0.3, 0.4) is 0 Å². The largest absolute Gasteiger partial charge is 0.400 e. The summed E-state index contributed by atoms with van der Waals surface area (Å²) in [6.07, 6.45) is 6.52. The Morgan fingerprint density at radius 1 is 1.24 bits per heavy atom. The molecule has 2 saturated heterocycles. The first kappa shape index (κ1) is 23.1. The second-order valence-electron chi connectivity index (χ2n) is 8.69. The molecule has 8 atom stereocenters. The second-order valence-corrected chi connectivity index (χ2v) is 8.69. The number of nitrogens with one attached hydrogen (secondary N) is 5. The zero-order chi connectivity index (χ0) is 20.8. The summed E-state index contributed by atoms with van der Waals surface area (Å²) in [4.78, 5) is 0. The minimum absolute atomic E-state index is 0.0543. The van der Waals surface area contributed by atoms with Gasteiger partial charge in [0.1, 0.15) is 12.5 Å². The summed E-state index contributed by atoms with van der Waals surface area (Å²) in [7, 11) is 2.97. The molecule has 3 heterocycles. The molecular formula is C21H40FN5O2. The predicted octanol–water partition coefficient (Wildman–Crippen LogP) is 0.427. The lowest BCUT2D eigenvalue weighted by Gasteiger charge is -2.45. The van der Waals surface area contributed by atoms with Crippen molar-refractivity contribution in [2.24, 2.45) is 11.8 Å². The van der Waals surface area contributed by atoms with Crippen molar-refractivity contribution < 1.29 is 14.2 Å². The molecule has 0 spiro atoms. The van der Waals surface area contributed by atoms with Gasteiger partial charge in [-0.15, -0.1) is 0 Å². The predicted molar refractivity (Wildman–Crippen MR) is 113 cm³/mol. The van der Waals surface area contributed by atoms with E-state index < -0.39 is 6.17 Å². The van der Waals surface area contributed by atoms with Crippen LogP contribution in [0.5, 0.6) is 0 Å². The molecule has 0 aromatic rings. The van der Waals surface area contributed by atoms with Gasteiger partial charge in [0.05, 0.1) is 12.3 Å². The number of rotatable bonds is 4. The van der Waals surface area contributed by atoms with E-state index in [1.54, 1.807) is 0 Å². The fourth-order valence-corrected chi connectivity index (χ4v) is 5.43. The lowest BCUT2D eigenvalue weighted by Crippen LogP contribution is -2.69. The average Bonchev–Trinajstić information content (AvgIpc) is 3.02. The van der Waals surface area contributed by atoms with Crippen LogP contribution in [0, 0.1) is 11.8 Å². The smallest absolute Gasteiger partial charge is 0.124 e. The molecule has 1 saturated carbocycles. The van der Waals surface area contributed by atoms with E-state index in [0.29, 0.717) is 12.0 Å². The number of aliphatic hydroxyl groups is 1. The van der Waals surface area contributed by atoms with Crippen molar-refractivity contribution >= 4 is 0 Å². The van der Waals surface area contributed by atoms with E-state index in [1.807, 2.05) is 7.05 Å². The molecule has 3 fully saturated rings. The van der Waals surface area contributed by atoms with Crippen LogP contribution < -0.4 is 26.6 Å². The third-order valence-electron chi connectivity index (χ3n) is 6.79. The van der Waals surface area contributed by atoms with E-state index in [0.717, 1.165) is 58.9 Å². The van der Waals surface area contributed by atoms with Gasteiger partial charge in [0.2, 0.25) is 0 Å². The highest BCUT2D eigenvalue weighted by Crippen LogP contribution is 2.44. The molecule has 3 aliphatic heterocycles. The fraction of sp³-hybridized carbons (Fsp3) is 0.905. The van der Waals surface area contributed by atoms with Gasteiger partial charge >= 0.3 is 0 Å². The van der Waals surface area contributed by atoms with Crippen molar-refractivity contribution in [3.05, 3.63) is 11.6 Å². The lowest BCUT2D eigenvalue weighted by atomic mass is 9.71. The van der Waals surface area contributed by atoms with Crippen molar-refractivity contribution in [1.82, 2.24) is 26.6 Å². The fourth-order valence-electron chi connectivity index (χ4n) is 5.43. The van der Waals surface area contributed by atoms with Crippen LogP contribution in [0.2, 0.25) is 0 Å². The zero-order valence-corrected chi connectivity index (χ0v) is 18.1. The first-order valence-corrected chi connectivity index (χ1v) is 11.2. The summed E-state index contributed by atoms with van der Waals surface area (Å²) in [6.45, 7) is 4.82. The monoisotopic (exact) mass is 413 g/mol. The van der Waals surface area contributed by atoms with Crippen LogP contribution in [0.15, 0.2) is 11.6 Å². The number of alkyl halides is 1. The lowest BCUT2D eigenvalue weighted by molar-refractivity contribution is -0.0262. The maximum Gasteiger partial charge on any atom is 0.124 e. The molecule has 29 heavy (non-hydrogen) atoms. The van der Waals surface area contributed by atoms with Crippen molar-refractivity contribution in [3.63, 3.8) is 0 Å². The Balaban J connectivity index is 0.00000117. The molecule has 8 unspecified atom stereocenters. The van der Waals surface area contributed by atoms with Gasteiger partial charge in [0, 0.05) is 38.3 Å². The topological polar surface area (TPSA) is 89.6 Å². The maximum absolute atomic E-state index is 15.8. The number of hydrogen-bond donors (Lipinski definition) is 6. The van der Waals surface area contributed by atoms with Crippen LogP contribution in [0.25, 0.3) is 0 Å². The quantitative estimate of drug-likeness (QED) is 0.373. The average molecular weight is 414 g/mol. The van der Waals surface area contributed by atoms with Gasteiger partial charge in [-0.2, -0.15) is 0 Å². The Bertz CT molecular complexity index is 537. The molecule has 0 aromatic heterocycles. The van der Waals surface area contributed by atoms with Crippen molar-refractivity contribution in [3.8, 4) is 0 Å². The number of fused-ring (bicyclic) bond motifs is 1. The summed E-state index contributed by atoms with van der Waals surface area (Å²) < 4.78 is 21.9. The van der Waals surface area contributed by atoms with E-state index in [9.17, 15) is 0 Å². The first-order valence-electron chi connectivity index (χ1n) is 11.2. The van der Waals surface area contributed by atoms with Crippen LogP contribution in [0.4, 0.5) is 4.39 Å². The molecule has 0 bridgehead atoms. The van der Waals surface area contributed by atoms with Crippen LogP contribution >= 0.6 is 0 Å². The van der Waals surface area contributed by atoms with Crippen molar-refractivity contribution in [2.45, 2.75) is 75.8 Å². The third kappa shape index (κ3) is 5.55. The van der Waals surface area contributed by atoms with Gasteiger partial charge in [0.25, 0.3) is 0 Å². The molecule has 4 rings (SSSR count). The zero-order valence-electron chi connectivity index (χ0n) is 18.1. The third-order valence-corrected chi connectivity index (χ3v) is 6.79. The van der Waals surface area contributed by atoms with Crippen molar-refractivity contribution in [2.75, 3.05) is 33.9 Å². The van der Waals surface area contributed by atoms with Crippen molar-refractivity contribution in [1.29, 1.82) is 0 Å². The first-order chi connectivity index (χ1) is 14.2. The molecule has 7 nitrogen and oxygen atoms in total. The molecule has 1 aliphatic carbocycles. The molecule has 0 amide bonds. The Hall–Kier alpha value is -0.610. The molecule has 168 valence electrons. The SMILES string of the molecule is CNC1CC(C)NC(NC2CC3CCOC3C(C3=CCNCCC3)C2F)N1.CO. The van der Waals surface area contributed by atoms with Gasteiger partial charge in [0.15, 0.2) is 0 Å². The summed E-state index contributed by atoms with van der Waals surface area (Å²) in [5.74, 6) is 0.350. The van der Waals surface area contributed by atoms with Crippen LogP contribution in [-0.4, -0.2) is 75.8 Å². The molecule has 0 aromatic carbocycles. The molecule has 6 N–H and O–H groups in total. The Kier molecular flexibility index (Phi) is 8.85. The number of ether oxygens (including phenoxy) is 1. The molecular weight excluding hydrogens is 373 g/mol. The second kappa shape index (κ2) is 11.1. The summed E-state index contributed by atoms with van der Waals surface area (Å²) in [6, 6.07) is 0.236. The maximum atomic E-state index is 15.8. The van der Waals surface area contributed by atoms with E-state index in [2.05, 4.69) is 39.6 Å². The molecule has 4 aliphatic rings. The van der Waals surface area contributed by atoms with Crippen LogP contribution in [-0.2, 0) is 4.74 Å². The standard InChI is InChI=1S/C20H36FN5O.CH4O/c1-12-10-16(22-2)26-20(24-12)25-15-11-14-6-9-27-19(14)17(18(15)21)13-4-3-7-23-8-5-13;1-2/h5,12,14-20,22-26H,3-4,6-11H2,1-2H3;2H,1H3. The van der Waals surface area contributed by atoms with Gasteiger partial charge in [-0.25, -0.2) is 4.39 Å². The van der Waals surface area contributed by atoms with E-state index >= 15 is 4.39 Å². The highest BCUT2D eigenvalue weighted by atomic mass is 19.1. The number of halogens is 1. The number of aliphatic hydroxyl groups excluding tert-OH is 1. The Morgan fingerprint density at radius 2 is 2.07 bits per heavy atom. The molecule has 8 heteroatoms. The summed E-state index contributed by atoms with van der Waals surface area (Å²) in [5, 5.41) is 24.3. The minimum Gasteiger partial charge on any atom is -0.400 e.